The van der Waals surface area contributed by atoms with Crippen molar-refractivity contribution in [3.05, 3.63) is 93.1 Å². The number of unbranched alkanes of at least 4 members (excludes halogenated alkanes) is 1. The second kappa shape index (κ2) is 16.8. The second-order valence-electron chi connectivity index (χ2n) is 13.7. The van der Waals surface area contributed by atoms with Crippen molar-refractivity contribution in [3.8, 4) is 11.1 Å². The summed E-state index contributed by atoms with van der Waals surface area (Å²) < 4.78 is 0. The molecule has 0 unspecified atom stereocenters. The second-order valence-corrected chi connectivity index (χ2v) is 13.7. The molecule has 0 radical (unpaired) electrons. The number of benzene rings is 1. The minimum atomic E-state index is 0. The third-order valence-corrected chi connectivity index (χ3v) is 11.0. The van der Waals surface area contributed by atoms with Crippen LogP contribution in [0.5, 0.6) is 0 Å². The molecular weight excluding hydrogens is 667 g/mol. The van der Waals surface area contributed by atoms with Gasteiger partial charge < -0.3 is 9.97 Å². The number of hydrogen-bond donors (Lipinski definition) is 0. The Hall–Kier alpha value is -3.69. The fraction of sp³-hybridized carbons (Fsp3) is 0.435. The first-order valence-corrected chi connectivity index (χ1v) is 19.7. The Balaban J connectivity index is 0.00000504. The van der Waals surface area contributed by atoms with Gasteiger partial charge in [0, 0.05) is 0 Å². The summed E-state index contributed by atoms with van der Waals surface area (Å²) in [6.07, 6.45) is 10.6. The molecule has 51 heavy (non-hydrogen) atoms. The zero-order valence-corrected chi connectivity index (χ0v) is 33.4. The summed E-state index contributed by atoms with van der Waals surface area (Å²) in [5.74, 6) is 0. The van der Waals surface area contributed by atoms with E-state index >= 15 is 0 Å². The molecule has 3 aromatic heterocycles. The van der Waals surface area contributed by atoms with E-state index in [0.717, 1.165) is 121 Å². The monoisotopic (exact) mass is 722 g/mol. The molecule has 0 saturated carbocycles. The van der Waals surface area contributed by atoms with Crippen LogP contribution < -0.4 is 9.97 Å². The maximum atomic E-state index is 5.60. The van der Waals surface area contributed by atoms with Gasteiger partial charge in [0.05, 0.1) is 22.8 Å². The van der Waals surface area contributed by atoms with Gasteiger partial charge in [-0.05, 0) is 103 Å². The fourth-order valence-electron chi connectivity index (χ4n) is 8.66. The summed E-state index contributed by atoms with van der Waals surface area (Å²) in [6.45, 7) is 20.5. The summed E-state index contributed by atoms with van der Waals surface area (Å²) >= 11 is 0. The van der Waals surface area contributed by atoms with Crippen LogP contribution in [-0.2, 0) is 48.6 Å². The number of allylic oxidation sites excluding steroid dienone is 4. The SMILES string of the molecule is CCCCc1c2nc(cc3[n-]c(c(CC)c3CC)c(-c3ccccc3)c3nc(cc4[n-]c1c(CC)c4CC)C(CC)=C3CC)C(CC)=C2CC.[Ni+2]. The summed E-state index contributed by atoms with van der Waals surface area (Å²) in [5, 5.41) is 0. The normalized spacial score (nSPS) is 13.0. The van der Waals surface area contributed by atoms with Crippen molar-refractivity contribution >= 4 is 44.4 Å². The first kappa shape index (κ1) is 38.5. The Bertz CT molecular complexity index is 2120. The predicted octanol–water partition coefficient (Wildman–Crippen LogP) is 12.3. The van der Waals surface area contributed by atoms with Gasteiger partial charge >= 0.3 is 16.5 Å². The van der Waals surface area contributed by atoms with Gasteiger partial charge in [0.25, 0.3) is 0 Å². The summed E-state index contributed by atoms with van der Waals surface area (Å²) in [6, 6.07) is 15.5. The van der Waals surface area contributed by atoms with E-state index in [1.807, 2.05) is 0 Å². The van der Waals surface area contributed by atoms with Gasteiger partial charge in [0.15, 0.2) is 0 Å². The molecule has 8 bridgehead atoms. The molecule has 0 saturated heterocycles. The van der Waals surface area contributed by atoms with Gasteiger partial charge in [0.2, 0.25) is 0 Å². The molecule has 0 N–H and O–H groups in total. The van der Waals surface area contributed by atoms with Gasteiger partial charge in [-0.3, -0.25) is 0 Å². The molecule has 0 fully saturated rings. The molecule has 0 amide bonds. The summed E-state index contributed by atoms with van der Waals surface area (Å²) in [4.78, 5) is 22.4. The predicted molar refractivity (Wildman–Crippen MR) is 215 cm³/mol. The summed E-state index contributed by atoms with van der Waals surface area (Å²) in [7, 11) is 0. The first-order chi connectivity index (χ1) is 24.4. The quantitative estimate of drug-likeness (QED) is 0.137. The smallest absolute Gasteiger partial charge is 0.657 e. The molecule has 0 spiro atoms. The third-order valence-electron chi connectivity index (χ3n) is 11.0. The molecular formula is C46H56N4Ni. The standard InChI is InChI=1S/C46H56N4.Ni/c1-10-19-25-37-43-33(15-6)29(11-2)38(47-43)26-40-31(13-4)35(17-8)45(49-40)42(28-23-21-20-22-24-28)46-36(18-9)32(14-5)41(50-46)27-39-30(12-3)34(16-7)44(37)48-39;/h20-24,26-27H,10-19,25H2,1-9H3;/q-2;+2. The molecule has 5 heteroatoms. The van der Waals surface area contributed by atoms with Crippen molar-refractivity contribution < 1.29 is 16.5 Å². The van der Waals surface area contributed by atoms with E-state index in [9.17, 15) is 0 Å². The maximum absolute atomic E-state index is 5.60. The summed E-state index contributed by atoms with van der Waals surface area (Å²) in [5.41, 5.74) is 23.1. The third kappa shape index (κ3) is 6.72. The number of rotatable bonds is 12. The molecule has 4 nitrogen and oxygen atoms in total. The van der Waals surface area contributed by atoms with Crippen molar-refractivity contribution in [1.82, 2.24) is 19.9 Å². The zero-order valence-electron chi connectivity index (χ0n) is 32.4. The van der Waals surface area contributed by atoms with E-state index in [1.165, 1.54) is 55.7 Å². The number of fused-ring (bicyclic) bond motifs is 8. The molecule has 6 rings (SSSR count). The van der Waals surface area contributed by atoms with Crippen molar-refractivity contribution in [2.24, 2.45) is 0 Å². The van der Waals surface area contributed by atoms with Gasteiger partial charge in [-0.25, -0.2) is 9.97 Å². The van der Waals surface area contributed by atoms with Crippen molar-refractivity contribution in [2.45, 2.75) is 133 Å². The van der Waals surface area contributed by atoms with E-state index < -0.39 is 0 Å². The number of aryl methyl sites for hydroxylation is 5. The Labute approximate surface area is 316 Å². The largest absolute Gasteiger partial charge is 2.00 e. The molecule has 0 atom stereocenters. The van der Waals surface area contributed by atoms with E-state index in [1.54, 1.807) is 0 Å². The van der Waals surface area contributed by atoms with E-state index in [4.69, 9.17) is 19.9 Å². The molecule has 2 aliphatic heterocycles. The van der Waals surface area contributed by atoms with Gasteiger partial charge in [-0.1, -0.05) is 133 Å². The van der Waals surface area contributed by atoms with Crippen LogP contribution in [0.3, 0.4) is 0 Å². The van der Waals surface area contributed by atoms with E-state index in [-0.39, 0.29) is 16.5 Å². The Morgan fingerprint density at radius 1 is 0.490 bits per heavy atom. The number of nitrogens with zero attached hydrogens (tertiary/aromatic N) is 4. The topological polar surface area (TPSA) is 54.0 Å². The van der Waals surface area contributed by atoms with Crippen LogP contribution in [-0.4, -0.2) is 9.97 Å². The van der Waals surface area contributed by atoms with E-state index in [0.29, 0.717) is 0 Å². The van der Waals surface area contributed by atoms with Crippen molar-refractivity contribution in [2.75, 3.05) is 0 Å². The van der Waals surface area contributed by atoms with Crippen LogP contribution in [0.2, 0.25) is 0 Å². The van der Waals surface area contributed by atoms with Gasteiger partial charge in [0.1, 0.15) is 0 Å². The molecule has 2 aliphatic rings. The van der Waals surface area contributed by atoms with Crippen LogP contribution in [0.15, 0.2) is 42.5 Å². The Morgan fingerprint density at radius 2 is 0.961 bits per heavy atom. The fourth-order valence-corrected chi connectivity index (χ4v) is 8.66. The first-order valence-electron chi connectivity index (χ1n) is 19.7. The maximum Gasteiger partial charge on any atom is 2.00 e. The molecule has 0 aliphatic carbocycles. The van der Waals surface area contributed by atoms with Gasteiger partial charge in [-0.15, -0.1) is 22.1 Å². The zero-order chi connectivity index (χ0) is 35.5. The van der Waals surface area contributed by atoms with E-state index in [2.05, 4.69) is 105 Å². The minimum absolute atomic E-state index is 0. The average Bonchev–Trinajstić information content (AvgIpc) is 3.88. The van der Waals surface area contributed by atoms with Crippen LogP contribution in [0, 0.1) is 0 Å². The molecule has 270 valence electrons. The number of hydrogen-bond acceptors (Lipinski definition) is 2. The molecule has 5 heterocycles. The van der Waals surface area contributed by atoms with Gasteiger partial charge in [-0.2, -0.15) is 0 Å². The van der Waals surface area contributed by atoms with Crippen LogP contribution in [0.25, 0.3) is 55.5 Å². The molecule has 4 aromatic rings. The molecule has 1 aromatic carbocycles. The van der Waals surface area contributed by atoms with Crippen LogP contribution in [0.4, 0.5) is 0 Å². The van der Waals surface area contributed by atoms with Crippen molar-refractivity contribution in [3.63, 3.8) is 0 Å². The van der Waals surface area contributed by atoms with Crippen LogP contribution >= 0.6 is 0 Å². The number of aromatic nitrogens is 4. The Morgan fingerprint density at radius 3 is 1.45 bits per heavy atom. The van der Waals surface area contributed by atoms with Crippen molar-refractivity contribution in [1.29, 1.82) is 0 Å². The minimum Gasteiger partial charge on any atom is -0.657 e. The Kier molecular flexibility index (Phi) is 12.7. The van der Waals surface area contributed by atoms with Crippen LogP contribution in [0.1, 0.15) is 151 Å². The average molecular weight is 724 g/mol.